The number of hydrogen-bond acceptors (Lipinski definition) is 8. The van der Waals surface area contributed by atoms with E-state index >= 15 is 0 Å². The molecule has 0 saturated heterocycles. The fourth-order valence-electron chi connectivity index (χ4n) is 7.26. The van der Waals surface area contributed by atoms with Crippen LogP contribution in [0.3, 0.4) is 0 Å². The molecule has 0 unspecified atom stereocenters. The van der Waals surface area contributed by atoms with Gasteiger partial charge >= 0.3 is 0 Å². The Balaban J connectivity index is 1.62. The van der Waals surface area contributed by atoms with Gasteiger partial charge in [-0.2, -0.15) is 0 Å². The standard InChI is InChI=1S/C47H65N11O6/c1-5-29(4)40(46(64)57-37(24-30-15-8-6-9-16-30)43(61)54-36(41(49)59)23-28(2)3)58-45(63)38(25-31-17-10-7-11-18-31)56-44(62)39(26-32-27-53-35-21-13-12-19-33(32)35)55-42(60)34(48)20-14-22-52-47(50)51/h6-13,15-19,21,27-29,34,36-40,53H,5,14,20,22-26,48H2,1-4H3,(H2,49,59)(H,54,61)(H,55,60)(H,56,62)(H,57,64)(H,58,63)(H4,50,51,52)/t29-,34+,36-,37-,38-,39+,40-/m1/s1. The molecule has 1 heterocycles. The number of fused-ring (bicyclic) bond motifs is 1. The molecule has 4 aromatic rings. The topological polar surface area (TPSA) is 295 Å². The smallest absolute Gasteiger partial charge is 0.243 e. The molecule has 64 heavy (non-hydrogen) atoms. The molecule has 4 rings (SSSR count). The summed E-state index contributed by atoms with van der Waals surface area (Å²) in [6.07, 6.45) is 3.36. The van der Waals surface area contributed by atoms with Crippen LogP contribution in [0.5, 0.6) is 0 Å². The average molecular weight is 880 g/mol. The summed E-state index contributed by atoms with van der Waals surface area (Å²) >= 11 is 0. The molecule has 0 bridgehead atoms. The highest BCUT2D eigenvalue weighted by Crippen LogP contribution is 2.20. The molecule has 0 aliphatic carbocycles. The molecule has 0 spiro atoms. The van der Waals surface area contributed by atoms with Gasteiger partial charge in [-0.15, -0.1) is 0 Å². The number of H-pyrrole nitrogens is 1. The Labute approximate surface area is 374 Å². The molecule has 3 aromatic carbocycles. The summed E-state index contributed by atoms with van der Waals surface area (Å²) in [6.45, 7) is 7.72. The van der Waals surface area contributed by atoms with Crippen LogP contribution in [0.15, 0.2) is 96.1 Å². The van der Waals surface area contributed by atoms with E-state index in [1.54, 1.807) is 25.3 Å². The number of aromatic amines is 1. The molecular formula is C47H65N11O6. The van der Waals surface area contributed by atoms with Crippen molar-refractivity contribution < 1.29 is 28.8 Å². The van der Waals surface area contributed by atoms with Gasteiger partial charge in [-0.05, 0) is 53.9 Å². The highest BCUT2D eigenvalue weighted by molar-refractivity contribution is 5.97. The third-order valence-electron chi connectivity index (χ3n) is 11.0. The predicted octanol–water partition coefficient (Wildman–Crippen LogP) is 1.58. The zero-order valence-electron chi connectivity index (χ0n) is 37.1. The Kier molecular flexibility index (Phi) is 19.3. The molecule has 6 amide bonds. The first-order chi connectivity index (χ1) is 30.6. The Hall–Kier alpha value is -6.75. The van der Waals surface area contributed by atoms with E-state index in [-0.39, 0.29) is 44.1 Å². The second kappa shape index (κ2) is 24.8. The summed E-state index contributed by atoms with van der Waals surface area (Å²) < 4.78 is 0. The van der Waals surface area contributed by atoms with Crippen molar-refractivity contribution in [2.45, 2.75) is 109 Å². The van der Waals surface area contributed by atoms with Crippen molar-refractivity contribution >= 4 is 52.3 Å². The van der Waals surface area contributed by atoms with Crippen LogP contribution in [-0.2, 0) is 48.0 Å². The first-order valence-electron chi connectivity index (χ1n) is 21.8. The van der Waals surface area contributed by atoms with E-state index in [2.05, 4.69) is 36.6 Å². The molecule has 17 nitrogen and oxygen atoms in total. The van der Waals surface area contributed by atoms with Crippen molar-refractivity contribution in [2.75, 3.05) is 6.54 Å². The highest BCUT2D eigenvalue weighted by atomic mass is 16.2. The van der Waals surface area contributed by atoms with Gasteiger partial charge in [0.25, 0.3) is 0 Å². The summed E-state index contributed by atoms with van der Waals surface area (Å²) in [6, 6.07) is 19.0. The minimum absolute atomic E-state index is 0.0364. The maximum atomic E-state index is 14.5. The molecule has 7 atom stereocenters. The van der Waals surface area contributed by atoms with Gasteiger partial charge in [0.05, 0.1) is 6.04 Å². The van der Waals surface area contributed by atoms with Crippen LogP contribution in [0.1, 0.15) is 70.1 Å². The molecule has 0 radical (unpaired) electrons. The van der Waals surface area contributed by atoms with Gasteiger partial charge in [0.15, 0.2) is 5.96 Å². The maximum absolute atomic E-state index is 14.5. The highest BCUT2D eigenvalue weighted by Gasteiger charge is 2.35. The van der Waals surface area contributed by atoms with E-state index in [1.165, 1.54) is 0 Å². The van der Waals surface area contributed by atoms with Crippen molar-refractivity contribution in [2.24, 2.45) is 39.8 Å². The lowest BCUT2D eigenvalue weighted by atomic mass is 9.96. The Morgan fingerprint density at radius 1 is 0.625 bits per heavy atom. The number of benzene rings is 3. The van der Waals surface area contributed by atoms with Gasteiger partial charge in [-0.3, -0.25) is 33.8 Å². The van der Waals surface area contributed by atoms with Crippen LogP contribution in [-0.4, -0.2) is 89.2 Å². The summed E-state index contributed by atoms with van der Waals surface area (Å²) in [5.41, 5.74) is 25.8. The van der Waals surface area contributed by atoms with E-state index in [1.807, 2.05) is 93.6 Å². The number of amides is 6. The van der Waals surface area contributed by atoms with Crippen molar-refractivity contribution in [3.63, 3.8) is 0 Å². The van der Waals surface area contributed by atoms with Crippen molar-refractivity contribution in [1.29, 1.82) is 0 Å². The number of hydrogen-bond donors (Lipinski definition) is 10. The number of nitrogens with one attached hydrogen (secondary N) is 6. The number of carbonyl (C=O) groups excluding carboxylic acids is 6. The number of nitrogens with zero attached hydrogens (tertiary/aromatic N) is 1. The number of aliphatic imine (C=N–C) groups is 1. The molecular weight excluding hydrogens is 815 g/mol. The monoisotopic (exact) mass is 880 g/mol. The van der Waals surface area contributed by atoms with E-state index < -0.39 is 77.6 Å². The minimum Gasteiger partial charge on any atom is -0.370 e. The fraction of sp³-hybridized carbons (Fsp3) is 0.426. The molecule has 1 aromatic heterocycles. The van der Waals surface area contributed by atoms with E-state index in [9.17, 15) is 28.8 Å². The second-order valence-electron chi connectivity index (χ2n) is 16.6. The van der Waals surface area contributed by atoms with E-state index in [0.29, 0.717) is 19.3 Å². The number of primary amides is 1. The summed E-state index contributed by atoms with van der Waals surface area (Å²) in [7, 11) is 0. The first kappa shape index (κ1) is 49.9. The fourth-order valence-corrected chi connectivity index (χ4v) is 7.26. The number of nitrogens with two attached hydrogens (primary N) is 4. The van der Waals surface area contributed by atoms with Gasteiger partial charge in [-0.25, -0.2) is 0 Å². The second-order valence-corrected chi connectivity index (χ2v) is 16.6. The number of guanidine groups is 1. The summed E-state index contributed by atoms with van der Waals surface area (Å²) in [4.78, 5) is 90.1. The summed E-state index contributed by atoms with van der Waals surface area (Å²) in [5, 5.41) is 15.0. The van der Waals surface area contributed by atoms with Gasteiger partial charge in [0, 0.05) is 42.9 Å². The van der Waals surface area contributed by atoms with Crippen LogP contribution in [0.25, 0.3) is 10.9 Å². The molecule has 0 fully saturated rings. The predicted molar refractivity (Wildman–Crippen MR) is 248 cm³/mol. The molecule has 344 valence electrons. The quantitative estimate of drug-likeness (QED) is 0.0262. The number of aromatic nitrogens is 1. The SMILES string of the molecule is CC[C@@H](C)[C@@H](NC(=O)[C@@H](Cc1ccccc1)NC(=O)[C@H](Cc1c[nH]c2ccccc12)NC(=O)[C@@H](N)CCCN=C(N)N)C(=O)N[C@H](Cc1ccccc1)C(=O)N[C@H](CC(C)C)C(N)=O. The lowest BCUT2D eigenvalue weighted by Crippen LogP contribution is -2.61. The molecule has 14 N–H and O–H groups in total. The van der Waals surface area contributed by atoms with Crippen molar-refractivity contribution in [1.82, 2.24) is 31.6 Å². The number of carbonyl (C=O) groups is 6. The summed E-state index contributed by atoms with van der Waals surface area (Å²) in [5.74, 6) is -4.32. The molecule has 17 heteroatoms. The van der Waals surface area contributed by atoms with E-state index in [4.69, 9.17) is 22.9 Å². The van der Waals surface area contributed by atoms with Crippen LogP contribution >= 0.6 is 0 Å². The first-order valence-corrected chi connectivity index (χ1v) is 21.8. The van der Waals surface area contributed by atoms with Crippen LogP contribution in [0, 0.1) is 11.8 Å². The Morgan fingerprint density at radius 2 is 1.12 bits per heavy atom. The van der Waals surface area contributed by atoms with Crippen LogP contribution in [0.2, 0.25) is 0 Å². The Morgan fingerprint density at radius 3 is 1.67 bits per heavy atom. The van der Waals surface area contributed by atoms with Gasteiger partial charge < -0.3 is 54.5 Å². The average Bonchev–Trinajstić information content (AvgIpc) is 3.68. The zero-order valence-corrected chi connectivity index (χ0v) is 37.1. The number of rotatable bonds is 25. The van der Waals surface area contributed by atoms with Crippen molar-refractivity contribution in [3.05, 3.63) is 108 Å². The van der Waals surface area contributed by atoms with Gasteiger partial charge in [0.1, 0.15) is 30.2 Å². The maximum Gasteiger partial charge on any atom is 0.243 e. The van der Waals surface area contributed by atoms with Crippen LogP contribution in [0.4, 0.5) is 0 Å². The minimum atomic E-state index is -1.22. The van der Waals surface area contributed by atoms with Gasteiger partial charge in [-0.1, -0.05) is 113 Å². The van der Waals surface area contributed by atoms with E-state index in [0.717, 1.165) is 27.6 Å². The van der Waals surface area contributed by atoms with Gasteiger partial charge in [0.2, 0.25) is 35.4 Å². The van der Waals surface area contributed by atoms with Crippen LogP contribution < -0.4 is 49.5 Å². The normalized spacial score (nSPS) is 14.5. The zero-order chi connectivity index (χ0) is 46.8. The molecule has 0 aliphatic heterocycles. The Bertz CT molecular complexity index is 2190. The third kappa shape index (κ3) is 15.6. The molecule has 0 aliphatic rings. The largest absolute Gasteiger partial charge is 0.370 e. The third-order valence-corrected chi connectivity index (χ3v) is 11.0. The number of para-hydroxylation sites is 1. The van der Waals surface area contributed by atoms with Crippen molar-refractivity contribution in [3.8, 4) is 0 Å². The molecule has 0 saturated carbocycles. The lowest BCUT2D eigenvalue weighted by Gasteiger charge is -2.29. The lowest BCUT2D eigenvalue weighted by molar-refractivity contribution is -0.135.